The van der Waals surface area contributed by atoms with Gasteiger partial charge in [-0.25, -0.2) is 0 Å². The van der Waals surface area contributed by atoms with Crippen LogP contribution in [-0.4, -0.2) is 10.2 Å². The first-order valence-corrected chi connectivity index (χ1v) is 2.56. The molecule has 0 saturated heterocycles. The monoisotopic (exact) mass is 125 g/mol. The third-order valence-electron chi connectivity index (χ3n) is 1.03. The van der Waals surface area contributed by atoms with Crippen LogP contribution in [-0.2, 0) is 6.54 Å². The molecule has 0 aliphatic carbocycles. The van der Waals surface area contributed by atoms with Crippen molar-refractivity contribution in [3.05, 3.63) is 28.2 Å². The molecule has 0 aliphatic rings. The van der Waals surface area contributed by atoms with Crippen LogP contribution in [0.5, 0.6) is 0 Å². The Morgan fingerprint density at radius 3 is 3.00 bits per heavy atom. The topological polar surface area (TPSA) is 71.8 Å². The number of hydrogen-bond donors (Lipinski definition) is 2. The number of H-pyrrole nitrogens is 1. The van der Waals surface area contributed by atoms with Crippen LogP contribution in [0.15, 0.2) is 17.2 Å². The van der Waals surface area contributed by atoms with Crippen LogP contribution in [0.2, 0.25) is 0 Å². The Bertz CT molecular complexity index is 242. The van der Waals surface area contributed by atoms with Crippen LogP contribution in [0.1, 0.15) is 5.56 Å². The summed E-state index contributed by atoms with van der Waals surface area (Å²) in [5, 5.41) is 6.02. The average Bonchev–Trinajstić information content (AvgIpc) is 1.89. The Labute approximate surface area is 51.7 Å². The van der Waals surface area contributed by atoms with E-state index in [2.05, 4.69) is 10.2 Å². The fraction of sp³-hybridized carbons (Fsp3) is 0.200. The van der Waals surface area contributed by atoms with Crippen LogP contribution in [0.4, 0.5) is 0 Å². The Kier molecular flexibility index (Phi) is 1.60. The molecule has 1 heterocycles. The molecule has 0 aromatic carbocycles. The maximum Gasteiger partial charge on any atom is 0.204 e. The molecule has 4 heteroatoms. The zero-order chi connectivity index (χ0) is 6.69. The van der Waals surface area contributed by atoms with E-state index in [1.165, 1.54) is 12.4 Å². The van der Waals surface area contributed by atoms with E-state index in [4.69, 9.17) is 5.73 Å². The average molecular weight is 125 g/mol. The van der Waals surface area contributed by atoms with Gasteiger partial charge in [0, 0.05) is 18.3 Å². The predicted molar refractivity (Wildman–Crippen MR) is 32.7 cm³/mol. The first kappa shape index (κ1) is 5.97. The summed E-state index contributed by atoms with van der Waals surface area (Å²) in [6.07, 6.45) is 2.71. The van der Waals surface area contributed by atoms with Crippen molar-refractivity contribution in [2.24, 2.45) is 5.73 Å². The van der Waals surface area contributed by atoms with Gasteiger partial charge in [-0.15, -0.1) is 0 Å². The van der Waals surface area contributed by atoms with E-state index >= 15 is 0 Å². The molecule has 0 fully saturated rings. The highest BCUT2D eigenvalue weighted by molar-refractivity contribution is 5.04. The second kappa shape index (κ2) is 2.41. The van der Waals surface area contributed by atoms with Gasteiger partial charge in [0.15, 0.2) is 0 Å². The van der Waals surface area contributed by atoms with E-state index in [9.17, 15) is 4.79 Å². The van der Waals surface area contributed by atoms with E-state index in [1.807, 2.05) is 0 Å². The summed E-state index contributed by atoms with van der Waals surface area (Å²) in [5.41, 5.74) is 5.65. The first-order valence-electron chi connectivity index (χ1n) is 2.56. The lowest BCUT2D eigenvalue weighted by Gasteiger charge is -1.89. The van der Waals surface area contributed by atoms with Gasteiger partial charge in [0.25, 0.3) is 0 Å². The molecule has 48 valence electrons. The van der Waals surface area contributed by atoms with Gasteiger partial charge in [-0.2, -0.15) is 5.10 Å². The summed E-state index contributed by atoms with van der Waals surface area (Å²) in [6.45, 7) is 0.262. The molecular formula is C5H7N3O. The van der Waals surface area contributed by atoms with Gasteiger partial charge < -0.3 is 5.73 Å². The normalized spacial score (nSPS) is 9.44. The SMILES string of the molecule is NCc1c[nH]ncc1=O. The lowest BCUT2D eigenvalue weighted by molar-refractivity contribution is 0.947. The lowest BCUT2D eigenvalue weighted by atomic mass is 10.3. The minimum absolute atomic E-state index is 0.115. The van der Waals surface area contributed by atoms with Gasteiger partial charge in [-0.1, -0.05) is 0 Å². The van der Waals surface area contributed by atoms with Gasteiger partial charge in [0.05, 0.1) is 6.20 Å². The van der Waals surface area contributed by atoms with Gasteiger partial charge in [0.2, 0.25) is 5.43 Å². The molecule has 0 atom stereocenters. The van der Waals surface area contributed by atoms with Gasteiger partial charge in [0.1, 0.15) is 0 Å². The summed E-state index contributed by atoms with van der Waals surface area (Å²) in [6, 6.07) is 0. The van der Waals surface area contributed by atoms with Crippen LogP contribution in [0, 0.1) is 0 Å². The fourth-order valence-corrected chi connectivity index (χ4v) is 0.525. The predicted octanol–water partition coefficient (Wildman–Crippen LogP) is -0.771. The lowest BCUT2D eigenvalue weighted by Crippen LogP contribution is -2.12. The Morgan fingerprint density at radius 1 is 1.78 bits per heavy atom. The minimum Gasteiger partial charge on any atom is -0.326 e. The van der Waals surface area contributed by atoms with E-state index in [-0.39, 0.29) is 12.0 Å². The van der Waals surface area contributed by atoms with E-state index in [0.717, 1.165) is 0 Å². The third-order valence-corrected chi connectivity index (χ3v) is 1.03. The quantitative estimate of drug-likeness (QED) is 0.517. The Hall–Kier alpha value is -1.16. The molecule has 1 rings (SSSR count). The summed E-state index contributed by atoms with van der Waals surface area (Å²) in [7, 11) is 0. The summed E-state index contributed by atoms with van der Waals surface area (Å²) in [4.78, 5) is 10.7. The summed E-state index contributed by atoms with van der Waals surface area (Å²) >= 11 is 0. The largest absolute Gasteiger partial charge is 0.326 e. The van der Waals surface area contributed by atoms with Crippen molar-refractivity contribution in [2.45, 2.75) is 6.54 Å². The number of hydrogen-bond acceptors (Lipinski definition) is 3. The molecular weight excluding hydrogens is 118 g/mol. The van der Waals surface area contributed by atoms with Crippen molar-refractivity contribution in [1.82, 2.24) is 10.2 Å². The van der Waals surface area contributed by atoms with Gasteiger partial charge in [-0.05, 0) is 0 Å². The molecule has 4 nitrogen and oxygen atoms in total. The summed E-state index contributed by atoms with van der Waals surface area (Å²) in [5.74, 6) is 0. The molecule has 0 bridgehead atoms. The van der Waals surface area contributed by atoms with Crippen molar-refractivity contribution in [2.75, 3.05) is 0 Å². The smallest absolute Gasteiger partial charge is 0.204 e. The highest BCUT2D eigenvalue weighted by atomic mass is 16.1. The number of nitrogens with one attached hydrogen (secondary N) is 1. The van der Waals surface area contributed by atoms with E-state index in [1.54, 1.807) is 0 Å². The molecule has 0 unspecified atom stereocenters. The molecule has 0 radical (unpaired) electrons. The van der Waals surface area contributed by atoms with Crippen LogP contribution in [0.25, 0.3) is 0 Å². The van der Waals surface area contributed by atoms with Crippen molar-refractivity contribution in [3.63, 3.8) is 0 Å². The Balaban J connectivity index is 3.16. The first-order chi connectivity index (χ1) is 4.34. The Morgan fingerprint density at radius 2 is 2.56 bits per heavy atom. The standard InChI is InChI=1S/C5H7N3O/c6-1-4-2-7-8-3-5(4)9/h2-3H,1,6H2,(H,7,9). The molecule has 3 N–H and O–H groups in total. The van der Waals surface area contributed by atoms with E-state index < -0.39 is 0 Å². The van der Waals surface area contributed by atoms with Gasteiger partial charge >= 0.3 is 0 Å². The molecule has 0 saturated carbocycles. The summed E-state index contributed by atoms with van der Waals surface area (Å²) < 4.78 is 0. The third kappa shape index (κ3) is 1.14. The number of nitrogens with two attached hydrogens (primary N) is 1. The van der Waals surface area contributed by atoms with Crippen molar-refractivity contribution in [1.29, 1.82) is 0 Å². The molecule has 0 aliphatic heterocycles. The van der Waals surface area contributed by atoms with Crippen LogP contribution >= 0.6 is 0 Å². The maximum absolute atomic E-state index is 10.7. The number of aromatic amines is 1. The van der Waals surface area contributed by atoms with Crippen LogP contribution < -0.4 is 11.2 Å². The molecule has 9 heavy (non-hydrogen) atoms. The van der Waals surface area contributed by atoms with Crippen molar-refractivity contribution in [3.8, 4) is 0 Å². The second-order valence-electron chi connectivity index (χ2n) is 1.63. The number of nitrogens with zero attached hydrogens (tertiary/aromatic N) is 1. The highest BCUT2D eigenvalue weighted by Crippen LogP contribution is 1.79. The fourth-order valence-electron chi connectivity index (χ4n) is 0.525. The number of aromatic nitrogens is 2. The zero-order valence-electron chi connectivity index (χ0n) is 4.79. The van der Waals surface area contributed by atoms with E-state index in [0.29, 0.717) is 5.56 Å². The zero-order valence-corrected chi connectivity index (χ0v) is 4.79. The highest BCUT2D eigenvalue weighted by Gasteiger charge is 1.91. The molecule has 0 spiro atoms. The molecule has 1 aromatic heterocycles. The molecule has 1 aromatic rings. The van der Waals surface area contributed by atoms with Crippen molar-refractivity contribution >= 4 is 0 Å². The maximum atomic E-state index is 10.7. The number of rotatable bonds is 1. The molecule has 0 amide bonds. The van der Waals surface area contributed by atoms with Gasteiger partial charge in [-0.3, -0.25) is 9.89 Å². The minimum atomic E-state index is -0.115. The van der Waals surface area contributed by atoms with Crippen molar-refractivity contribution < 1.29 is 0 Å². The second-order valence-corrected chi connectivity index (χ2v) is 1.63. The van der Waals surface area contributed by atoms with Crippen LogP contribution in [0.3, 0.4) is 0 Å².